The lowest BCUT2D eigenvalue weighted by Crippen LogP contribution is -2.15. The Bertz CT molecular complexity index is 1240. The molecule has 0 unspecified atom stereocenters. The summed E-state index contributed by atoms with van der Waals surface area (Å²) in [4.78, 5) is 16.8. The van der Waals surface area contributed by atoms with Crippen molar-refractivity contribution in [2.24, 2.45) is 7.05 Å². The van der Waals surface area contributed by atoms with E-state index in [1.54, 1.807) is 20.0 Å². The Hall–Kier alpha value is -3.88. The number of benzene rings is 2. The molecule has 0 saturated carbocycles. The molecular weight excluding hydrogens is 392 g/mol. The molecule has 0 aliphatic rings. The number of halogens is 2. The molecule has 1 N–H and O–H groups in total. The van der Waals surface area contributed by atoms with Gasteiger partial charge in [-0.3, -0.25) is 9.48 Å². The van der Waals surface area contributed by atoms with E-state index in [2.05, 4.69) is 20.6 Å². The normalized spacial score (nSPS) is 11.0. The van der Waals surface area contributed by atoms with Gasteiger partial charge in [0.2, 0.25) is 0 Å². The Morgan fingerprint density at radius 3 is 2.50 bits per heavy atom. The number of nitrogens with one attached hydrogen (secondary N) is 1. The van der Waals surface area contributed by atoms with Crippen LogP contribution >= 0.6 is 0 Å². The largest absolute Gasteiger partial charge is 0.334 e. The van der Waals surface area contributed by atoms with Crippen molar-refractivity contribution >= 4 is 11.6 Å². The number of aromatic nitrogens is 4. The summed E-state index contributed by atoms with van der Waals surface area (Å²) in [5.41, 5.74) is 2.61. The summed E-state index contributed by atoms with van der Waals surface area (Å²) in [6.45, 7) is 3.64. The smallest absolute Gasteiger partial charge is 0.276 e. The number of carbonyl (C=O) groups is 1. The fourth-order valence-corrected chi connectivity index (χ4v) is 3.07. The van der Waals surface area contributed by atoms with Crippen LogP contribution in [0.1, 0.15) is 21.9 Å². The molecule has 0 atom stereocenters. The number of carbonyl (C=O) groups excluding carboxylic acids is 1. The highest BCUT2D eigenvalue weighted by Crippen LogP contribution is 2.29. The van der Waals surface area contributed by atoms with Crippen LogP contribution in [0.25, 0.3) is 22.7 Å². The van der Waals surface area contributed by atoms with Gasteiger partial charge in [-0.2, -0.15) is 10.1 Å². The first-order chi connectivity index (χ1) is 14.3. The van der Waals surface area contributed by atoms with Crippen LogP contribution < -0.4 is 5.32 Å². The number of hydrogen-bond donors (Lipinski definition) is 1. The molecule has 2 heterocycles. The van der Waals surface area contributed by atoms with Gasteiger partial charge in [0.1, 0.15) is 17.3 Å². The summed E-state index contributed by atoms with van der Waals surface area (Å²) in [7, 11) is 1.68. The molecule has 0 aliphatic carbocycles. The third-order valence-electron chi connectivity index (χ3n) is 4.60. The lowest BCUT2D eigenvalue weighted by molar-refractivity contribution is 0.102. The van der Waals surface area contributed by atoms with Gasteiger partial charge in [-0.25, -0.2) is 8.78 Å². The van der Waals surface area contributed by atoms with E-state index in [0.29, 0.717) is 17.4 Å². The van der Waals surface area contributed by atoms with Crippen LogP contribution in [-0.4, -0.2) is 25.8 Å². The monoisotopic (exact) mass is 409 g/mol. The predicted octanol–water partition coefficient (Wildman–Crippen LogP) is 4.28. The first kappa shape index (κ1) is 19.4. The molecular formula is C21H17F2N5O2. The first-order valence-corrected chi connectivity index (χ1v) is 9.04. The van der Waals surface area contributed by atoms with Crippen molar-refractivity contribution in [2.45, 2.75) is 13.8 Å². The van der Waals surface area contributed by atoms with Crippen LogP contribution in [0.2, 0.25) is 0 Å². The Balaban J connectivity index is 1.68. The summed E-state index contributed by atoms with van der Waals surface area (Å²) in [5.74, 6) is -1.55. The zero-order valence-electron chi connectivity index (χ0n) is 16.4. The number of rotatable bonds is 4. The fraction of sp³-hybridized carbons (Fsp3) is 0.143. The maximum Gasteiger partial charge on any atom is 0.276 e. The van der Waals surface area contributed by atoms with Crippen LogP contribution in [0.3, 0.4) is 0 Å². The van der Waals surface area contributed by atoms with Crippen molar-refractivity contribution in [3.8, 4) is 22.7 Å². The molecule has 2 aromatic heterocycles. The van der Waals surface area contributed by atoms with Gasteiger partial charge in [-0.1, -0.05) is 17.3 Å². The molecule has 0 aliphatic heterocycles. The highest BCUT2D eigenvalue weighted by atomic mass is 19.1. The van der Waals surface area contributed by atoms with Gasteiger partial charge in [0, 0.05) is 18.2 Å². The molecule has 0 bridgehead atoms. The van der Waals surface area contributed by atoms with Crippen molar-refractivity contribution in [3.63, 3.8) is 0 Å². The number of anilines is 1. The predicted molar refractivity (Wildman–Crippen MR) is 106 cm³/mol. The molecule has 4 rings (SSSR count). The Labute approximate surface area is 170 Å². The van der Waals surface area contributed by atoms with Gasteiger partial charge >= 0.3 is 0 Å². The average Bonchev–Trinajstić information content (AvgIpc) is 3.31. The van der Waals surface area contributed by atoms with Gasteiger partial charge in [-0.15, -0.1) is 0 Å². The first-order valence-electron chi connectivity index (χ1n) is 9.04. The van der Waals surface area contributed by atoms with Crippen molar-refractivity contribution in [1.29, 1.82) is 0 Å². The minimum absolute atomic E-state index is 0.0218. The number of amides is 1. The van der Waals surface area contributed by atoms with Crippen LogP contribution in [0, 0.1) is 25.5 Å². The second-order valence-corrected chi connectivity index (χ2v) is 6.77. The lowest BCUT2D eigenvalue weighted by Gasteiger charge is -2.07. The number of aryl methyl sites for hydroxylation is 3. The minimum Gasteiger partial charge on any atom is -0.334 e. The second-order valence-electron chi connectivity index (χ2n) is 6.77. The van der Waals surface area contributed by atoms with E-state index in [-0.39, 0.29) is 5.69 Å². The third-order valence-corrected chi connectivity index (χ3v) is 4.60. The lowest BCUT2D eigenvalue weighted by atomic mass is 10.0. The van der Waals surface area contributed by atoms with E-state index in [0.717, 1.165) is 28.8 Å². The summed E-state index contributed by atoms with van der Waals surface area (Å²) in [6.07, 6.45) is 0. The van der Waals surface area contributed by atoms with Crippen molar-refractivity contribution in [3.05, 3.63) is 71.2 Å². The summed E-state index contributed by atoms with van der Waals surface area (Å²) in [6, 6.07) is 10.5. The van der Waals surface area contributed by atoms with Gasteiger partial charge in [0.15, 0.2) is 11.5 Å². The number of hydrogen-bond acceptors (Lipinski definition) is 5. The van der Waals surface area contributed by atoms with Gasteiger partial charge in [0.05, 0.1) is 5.69 Å². The van der Waals surface area contributed by atoms with E-state index < -0.39 is 23.2 Å². The number of nitrogens with zero attached hydrogens (tertiary/aromatic N) is 4. The summed E-state index contributed by atoms with van der Waals surface area (Å²) in [5, 5.41) is 10.2. The van der Waals surface area contributed by atoms with E-state index in [9.17, 15) is 13.6 Å². The van der Waals surface area contributed by atoms with Crippen molar-refractivity contribution < 1.29 is 18.1 Å². The zero-order chi connectivity index (χ0) is 21.4. The standard InChI is InChI=1S/C21H17F2N5O2/c1-11-7-8-13(21-24-12(2)27-30-21)9-14(11)18-10-17(26-28(18)3)20(29)25-19-15(22)5-4-6-16(19)23/h4-10H,1-3H3,(H,25,29). The molecule has 152 valence electrons. The summed E-state index contributed by atoms with van der Waals surface area (Å²) < 4.78 is 34.4. The van der Waals surface area contributed by atoms with Crippen LogP contribution in [-0.2, 0) is 7.05 Å². The SMILES string of the molecule is Cc1noc(-c2ccc(C)c(-c3cc(C(=O)Nc4c(F)cccc4F)nn3C)c2)n1. The second kappa shape index (κ2) is 7.51. The third kappa shape index (κ3) is 3.57. The average molecular weight is 409 g/mol. The maximum absolute atomic E-state index is 13.8. The molecule has 0 radical (unpaired) electrons. The topological polar surface area (TPSA) is 85.8 Å². The highest BCUT2D eigenvalue weighted by Gasteiger charge is 2.19. The molecule has 4 aromatic rings. The molecule has 2 aromatic carbocycles. The zero-order valence-corrected chi connectivity index (χ0v) is 16.4. The van der Waals surface area contributed by atoms with Crippen LogP contribution in [0.5, 0.6) is 0 Å². The highest BCUT2D eigenvalue weighted by molar-refractivity contribution is 6.03. The van der Waals surface area contributed by atoms with E-state index in [1.807, 2.05) is 25.1 Å². The Morgan fingerprint density at radius 2 is 1.83 bits per heavy atom. The van der Waals surface area contributed by atoms with Crippen molar-refractivity contribution in [1.82, 2.24) is 19.9 Å². The molecule has 0 spiro atoms. The van der Waals surface area contributed by atoms with Gasteiger partial charge < -0.3 is 9.84 Å². The molecule has 0 fully saturated rings. The molecule has 1 amide bonds. The molecule has 7 nitrogen and oxygen atoms in total. The quantitative estimate of drug-likeness (QED) is 0.544. The van der Waals surface area contributed by atoms with Crippen LogP contribution in [0.4, 0.5) is 14.5 Å². The Morgan fingerprint density at radius 1 is 1.10 bits per heavy atom. The van der Waals surface area contributed by atoms with E-state index >= 15 is 0 Å². The van der Waals surface area contributed by atoms with E-state index in [1.165, 1.54) is 10.7 Å². The summed E-state index contributed by atoms with van der Waals surface area (Å²) >= 11 is 0. The fourth-order valence-electron chi connectivity index (χ4n) is 3.07. The minimum atomic E-state index is -0.863. The van der Waals surface area contributed by atoms with Crippen LogP contribution in [0.15, 0.2) is 47.0 Å². The molecule has 9 heteroatoms. The number of para-hydroxylation sites is 1. The molecule has 0 saturated heterocycles. The van der Waals surface area contributed by atoms with E-state index in [4.69, 9.17) is 4.52 Å². The maximum atomic E-state index is 13.8. The van der Waals surface area contributed by atoms with Gasteiger partial charge in [-0.05, 0) is 49.7 Å². The van der Waals surface area contributed by atoms with Gasteiger partial charge in [0.25, 0.3) is 11.8 Å². The van der Waals surface area contributed by atoms with Crippen molar-refractivity contribution in [2.75, 3.05) is 5.32 Å². The molecule has 30 heavy (non-hydrogen) atoms. The Kier molecular flexibility index (Phi) is 4.86.